The Morgan fingerprint density at radius 2 is 1.96 bits per heavy atom. The van der Waals surface area contributed by atoms with Crippen molar-refractivity contribution in [2.24, 2.45) is 0 Å². The number of aromatic nitrogens is 1. The number of carbonyl (C=O) groups is 2. The summed E-state index contributed by atoms with van der Waals surface area (Å²) >= 11 is 0. The number of rotatable bonds is 8. The summed E-state index contributed by atoms with van der Waals surface area (Å²) in [5.74, 6) is -0.247. The van der Waals surface area contributed by atoms with Gasteiger partial charge in [0.2, 0.25) is 5.91 Å². The lowest BCUT2D eigenvalue weighted by atomic mass is 10.1. The van der Waals surface area contributed by atoms with Crippen LogP contribution >= 0.6 is 0 Å². The van der Waals surface area contributed by atoms with Gasteiger partial charge in [0.1, 0.15) is 0 Å². The number of nitrogens with zero attached hydrogens (tertiary/aromatic N) is 1. The number of carbonyl (C=O) groups excluding carboxylic acids is 2. The standard InChI is InChI=1S/C18H29N3O3/c1-4-24-18(23)17-13(2)15(20-14(17)3)7-8-16(22)19-9-12-21-10-5-6-11-21/h20H,4-12H2,1-3H3,(H,19,22). The molecule has 0 aromatic carbocycles. The minimum absolute atomic E-state index is 0.0542. The zero-order valence-electron chi connectivity index (χ0n) is 15.0. The number of nitrogens with one attached hydrogen (secondary N) is 2. The molecule has 6 nitrogen and oxygen atoms in total. The quantitative estimate of drug-likeness (QED) is 0.712. The Balaban J connectivity index is 1.79. The lowest BCUT2D eigenvalue weighted by Crippen LogP contribution is -2.33. The van der Waals surface area contributed by atoms with Gasteiger partial charge in [-0.1, -0.05) is 0 Å². The fourth-order valence-corrected chi connectivity index (χ4v) is 3.26. The van der Waals surface area contributed by atoms with Crippen LogP contribution in [0.1, 0.15) is 53.5 Å². The van der Waals surface area contributed by atoms with Crippen molar-refractivity contribution in [1.29, 1.82) is 0 Å². The first-order valence-corrected chi connectivity index (χ1v) is 8.87. The van der Waals surface area contributed by atoms with Crippen LogP contribution in [0.25, 0.3) is 0 Å². The third kappa shape index (κ3) is 4.84. The Bertz CT molecular complexity index is 574. The molecular formula is C18H29N3O3. The van der Waals surface area contributed by atoms with Gasteiger partial charge in [0, 0.05) is 30.9 Å². The van der Waals surface area contributed by atoms with E-state index in [1.807, 2.05) is 13.8 Å². The van der Waals surface area contributed by atoms with Gasteiger partial charge in [0.05, 0.1) is 12.2 Å². The minimum atomic E-state index is -0.301. The highest BCUT2D eigenvalue weighted by molar-refractivity contribution is 5.92. The number of esters is 1. The summed E-state index contributed by atoms with van der Waals surface area (Å²) in [6.45, 7) is 9.84. The molecule has 0 atom stereocenters. The molecule has 1 aliphatic rings. The van der Waals surface area contributed by atoms with Gasteiger partial charge in [0.25, 0.3) is 0 Å². The maximum atomic E-state index is 12.0. The van der Waals surface area contributed by atoms with Gasteiger partial charge in [-0.2, -0.15) is 0 Å². The number of likely N-dealkylation sites (tertiary alicyclic amines) is 1. The fraction of sp³-hybridized carbons (Fsp3) is 0.667. The van der Waals surface area contributed by atoms with Gasteiger partial charge >= 0.3 is 5.97 Å². The van der Waals surface area contributed by atoms with Crippen molar-refractivity contribution < 1.29 is 14.3 Å². The first-order valence-electron chi connectivity index (χ1n) is 8.87. The van der Waals surface area contributed by atoms with E-state index in [1.54, 1.807) is 6.92 Å². The third-order valence-electron chi connectivity index (χ3n) is 4.57. The van der Waals surface area contributed by atoms with E-state index >= 15 is 0 Å². The van der Waals surface area contributed by atoms with Crippen LogP contribution in [0, 0.1) is 13.8 Å². The van der Waals surface area contributed by atoms with Crippen molar-refractivity contribution >= 4 is 11.9 Å². The molecule has 1 aromatic heterocycles. The van der Waals surface area contributed by atoms with E-state index in [4.69, 9.17) is 4.74 Å². The summed E-state index contributed by atoms with van der Waals surface area (Å²) in [5, 5.41) is 2.98. The van der Waals surface area contributed by atoms with Crippen molar-refractivity contribution in [2.75, 3.05) is 32.8 Å². The molecule has 1 aromatic rings. The van der Waals surface area contributed by atoms with E-state index in [9.17, 15) is 9.59 Å². The molecule has 0 unspecified atom stereocenters. The number of aryl methyl sites for hydroxylation is 2. The molecular weight excluding hydrogens is 306 g/mol. The topological polar surface area (TPSA) is 74.4 Å². The zero-order chi connectivity index (χ0) is 17.5. The average molecular weight is 335 g/mol. The monoisotopic (exact) mass is 335 g/mol. The zero-order valence-corrected chi connectivity index (χ0v) is 15.0. The Labute approximate surface area is 143 Å². The van der Waals surface area contributed by atoms with Gasteiger partial charge < -0.3 is 19.9 Å². The van der Waals surface area contributed by atoms with Crippen molar-refractivity contribution in [2.45, 2.75) is 46.5 Å². The Hall–Kier alpha value is -1.82. The predicted octanol–water partition coefficient (Wildman–Crippen LogP) is 1.95. The number of H-pyrrole nitrogens is 1. The van der Waals surface area contributed by atoms with Crippen LogP contribution in [-0.4, -0.2) is 54.5 Å². The molecule has 0 spiro atoms. The second-order valence-electron chi connectivity index (χ2n) is 6.35. The van der Waals surface area contributed by atoms with Gasteiger partial charge in [-0.15, -0.1) is 0 Å². The summed E-state index contributed by atoms with van der Waals surface area (Å²) in [4.78, 5) is 29.6. The van der Waals surface area contributed by atoms with E-state index in [0.717, 1.165) is 36.6 Å². The second-order valence-corrected chi connectivity index (χ2v) is 6.35. The molecule has 0 radical (unpaired) electrons. The van der Waals surface area contributed by atoms with E-state index in [2.05, 4.69) is 15.2 Å². The Morgan fingerprint density at radius 3 is 2.62 bits per heavy atom. The summed E-state index contributed by atoms with van der Waals surface area (Å²) in [6, 6.07) is 0. The number of ether oxygens (including phenoxy) is 1. The lowest BCUT2D eigenvalue weighted by molar-refractivity contribution is -0.121. The predicted molar refractivity (Wildman–Crippen MR) is 93.2 cm³/mol. The molecule has 1 amide bonds. The molecule has 0 saturated carbocycles. The molecule has 1 aliphatic heterocycles. The molecule has 134 valence electrons. The van der Waals surface area contributed by atoms with Crippen molar-refractivity contribution in [1.82, 2.24) is 15.2 Å². The first kappa shape index (κ1) is 18.5. The van der Waals surface area contributed by atoms with Gasteiger partial charge in [0.15, 0.2) is 0 Å². The molecule has 2 N–H and O–H groups in total. The van der Waals surface area contributed by atoms with E-state index in [0.29, 0.717) is 31.6 Å². The lowest BCUT2D eigenvalue weighted by Gasteiger charge is -2.14. The molecule has 2 heterocycles. The molecule has 2 rings (SSSR count). The third-order valence-corrected chi connectivity index (χ3v) is 4.57. The fourth-order valence-electron chi connectivity index (χ4n) is 3.26. The van der Waals surface area contributed by atoms with Crippen molar-refractivity contribution in [3.05, 3.63) is 22.5 Å². The van der Waals surface area contributed by atoms with Gasteiger partial charge in [-0.25, -0.2) is 4.79 Å². The molecule has 24 heavy (non-hydrogen) atoms. The molecule has 6 heteroatoms. The Kier molecular flexibility index (Phi) is 6.85. The maximum absolute atomic E-state index is 12.0. The molecule has 1 saturated heterocycles. The van der Waals surface area contributed by atoms with E-state index in [-0.39, 0.29) is 11.9 Å². The number of amides is 1. The Morgan fingerprint density at radius 1 is 1.25 bits per heavy atom. The average Bonchev–Trinajstić information content (AvgIpc) is 3.14. The SMILES string of the molecule is CCOC(=O)c1c(C)[nH]c(CCC(=O)NCCN2CCCC2)c1C. The highest BCUT2D eigenvalue weighted by Gasteiger charge is 2.19. The summed E-state index contributed by atoms with van der Waals surface area (Å²) < 4.78 is 5.09. The first-order chi connectivity index (χ1) is 11.5. The van der Waals surface area contributed by atoms with Crippen LogP contribution in [-0.2, 0) is 16.0 Å². The molecule has 0 bridgehead atoms. The molecule has 0 aliphatic carbocycles. The van der Waals surface area contributed by atoms with Gasteiger partial charge in [-0.05, 0) is 58.7 Å². The highest BCUT2D eigenvalue weighted by Crippen LogP contribution is 2.20. The van der Waals surface area contributed by atoms with Gasteiger partial charge in [-0.3, -0.25) is 4.79 Å². The number of hydrogen-bond acceptors (Lipinski definition) is 4. The van der Waals surface area contributed by atoms with E-state index in [1.165, 1.54) is 12.8 Å². The molecule has 1 fully saturated rings. The van der Waals surface area contributed by atoms with Crippen LogP contribution in [0.5, 0.6) is 0 Å². The minimum Gasteiger partial charge on any atom is -0.462 e. The van der Waals surface area contributed by atoms with Crippen molar-refractivity contribution in [3.63, 3.8) is 0 Å². The van der Waals surface area contributed by atoms with Crippen LogP contribution in [0.2, 0.25) is 0 Å². The highest BCUT2D eigenvalue weighted by atomic mass is 16.5. The normalized spacial score (nSPS) is 14.8. The number of hydrogen-bond donors (Lipinski definition) is 2. The largest absolute Gasteiger partial charge is 0.462 e. The second kappa shape index (κ2) is 8.87. The van der Waals surface area contributed by atoms with Crippen LogP contribution in [0.15, 0.2) is 0 Å². The van der Waals surface area contributed by atoms with E-state index < -0.39 is 0 Å². The maximum Gasteiger partial charge on any atom is 0.340 e. The summed E-state index contributed by atoms with van der Waals surface area (Å²) in [7, 11) is 0. The van der Waals surface area contributed by atoms with Crippen molar-refractivity contribution in [3.8, 4) is 0 Å². The smallest absolute Gasteiger partial charge is 0.340 e. The summed E-state index contributed by atoms with van der Waals surface area (Å²) in [6.07, 6.45) is 3.55. The van der Waals surface area contributed by atoms with Crippen LogP contribution < -0.4 is 5.32 Å². The summed E-state index contributed by atoms with van der Waals surface area (Å²) in [5.41, 5.74) is 3.22. The number of aromatic amines is 1. The van der Waals surface area contributed by atoms with Crippen LogP contribution in [0.3, 0.4) is 0 Å². The van der Waals surface area contributed by atoms with Crippen LogP contribution in [0.4, 0.5) is 0 Å².